The molecule has 4 heteroatoms. The fourth-order valence-electron chi connectivity index (χ4n) is 2.34. The van der Waals surface area contributed by atoms with Crippen LogP contribution >= 0.6 is 0 Å². The number of aryl methyl sites for hydroxylation is 2. The zero-order valence-corrected chi connectivity index (χ0v) is 11.0. The van der Waals surface area contributed by atoms with Gasteiger partial charge in [0.2, 0.25) is 0 Å². The van der Waals surface area contributed by atoms with Gasteiger partial charge in [-0.3, -0.25) is 5.84 Å². The summed E-state index contributed by atoms with van der Waals surface area (Å²) in [5, 5.41) is 0. The number of nitrogens with one attached hydrogen (secondary N) is 1. The van der Waals surface area contributed by atoms with Crippen molar-refractivity contribution in [2.75, 3.05) is 5.43 Å². The Labute approximate surface area is 111 Å². The average Bonchev–Trinajstić information content (AvgIpc) is 2.76. The van der Waals surface area contributed by atoms with Gasteiger partial charge in [-0.25, -0.2) is 4.98 Å². The van der Waals surface area contributed by atoms with Crippen molar-refractivity contribution in [1.29, 1.82) is 0 Å². The van der Waals surface area contributed by atoms with Crippen molar-refractivity contribution >= 4 is 16.7 Å². The van der Waals surface area contributed by atoms with Gasteiger partial charge in [0.15, 0.2) is 0 Å². The monoisotopic (exact) mass is 252 g/mol. The molecule has 96 valence electrons. The first-order valence-corrected chi connectivity index (χ1v) is 6.20. The Morgan fingerprint density at radius 1 is 1.16 bits per heavy atom. The van der Waals surface area contributed by atoms with E-state index in [2.05, 4.69) is 29.0 Å². The summed E-state index contributed by atoms with van der Waals surface area (Å²) < 4.78 is 2.10. The first-order valence-electron chi connectivity index (χ1n) is 6.20. The number of nitrogens with two attached hydrogens (primary N) is 1. The van der Waals surface area contributed by atoms with Crippen LogP contribution in [0.4, 0.5) is 5.69 Å². The van der Waals surface area contributed by atoms with Gasteiger partial charge in [-0.1, -0.05) is 24.3 Å². The molecule has 1 heterocycles. The summed E-state index contributed by atoms with van der Waals surface area (Å²) >= 11 is 0. The second-order valence-corrected chi connectivity index (χ2v) is 4.66. The predicted molar refractivity (Wildman–Crippen MR) is 78.7 cm³/mol. The van der Waals surface area contributed by atoms with Gasteiger partial charge >= 0.3 is 0 Å². The molecule has 0 spiro atoms. The largest absolute Gasteiger partial charge is 0.327 e. The topological polar surface area (TPSA) is 55.9 Å². The van der Waals surface area contributed by atoms with Gasteiger partial charge in [-0.05, 0) is 30.7 Å². The van der Waals surface area contributed by atoms with Crippen LogP contribution in [0.2, 0.25) is 0 Å². The number of nitrogens with zero attached hydrogens (tertiary/aromatic N) is 2. The standard InChI is InChI=1S/C15H16N4/c1-10-5-3-4-6-12(10)15-17-13-8-7-11(18-16)9-14(13)19(15)2/h3-9,18H,16H2,1-2H3. The number of hydrogen-bond donors (Lipinski definition) is 2. The molecule has 0 fully saturated rings. The highest BCUT2D eigenvalue weighted by molar-refractivity contribution is 5.84. The van der Waals surface area contributed by atoms with Gasteiger partial charge in [0.1, 0.15) is 5.82 Å². The lowest BCUT2D eigenvalue weighted by Gasteiger charge is -2.06. The Morgan fingerprint density at radius 3 is 2.68 bits per heavy atom. The lowest BCUT2D eigenvalue weighted by Crippen LogP contribution is -2.06. The van der Waals surface area contributed by atoms with Crippen LogP contribution in [0.3, 0.4) is 0 Å². The smallest absolute Gasteiger partial charge is 0.141 e. The Hall–Kier alpha value is -2.33. The van der Waals surface area contributed by atoms with E-state index in [9.17, 15) is 0 Å². The molecule has 0 bridgehead atoms. The predicted octanol–water partition coefficient (Wildman–Crippen LogP) is 2.83. The molecule has 3 aromatic rings. The van der Waals surface area contributed by atoms with Gasteiger partial charge in [-0.2, -0.15) is 0 Å². The van der Waals surface area contributed by atoms with Crippen LogP contribution in [0, 0.1) is 6.92 Å². The highest BCUT2D eigenvalue weighted by Gasteiger charge is 2.11. The molecule has 0 aliphatic carbocycles. The number of rotatable bonds is 2. The molecule has 4 nitrogen and oxygen atoms in total. The summed E-state index contributed by atoms with van der Waals surface area (Å²) in [7, 11) is 2.03. The third-order valence-corrected chi connectivity index (χ3v) is 3.43. The fraction of sp³-hybridized carbons (Fsp3) is 0.133. The third-order valence-electron chi connectivity index (χ3n) is 3.43. The summed E-state index contributed by atoms with van der Waals surface area (Å²) in [6, 6.07) is 14.2. The summed E-state index contributed by atoms with van der Waals surface area (Å²) in [6.45, 7) is 2.10. The molecule has 0 aliphatic rings. The normalized spacial score (nSPS) is 10.9. The summed E-state index contributed by atoms with van der Waals surface area (Å²) in [5.41, 5.74) is 7.96. The van der Waals surface area contributed by atoms with Crippen LogP contribution in [0.15, 0.2) is 42.5 Å². The minimum absolute atomic E-state index is 0.881. The maximum atomic E-state index is 5.45. The highest BCUT2D eigenvalue weighted by atomic mass is 15.2. The van der Waals surface area contributed by atoms with E-state index in [4.69, 9.17) is 10.8 Å². The average molecular weight is 252 g/mol. The van der Waals surface area contributed by atoms with Crippen LogP contribution in [-0.4, -0.2) is 9.55 Å². The number of anilines is 1. The summed E-state index contributed by atoms with van der Waals surface area (Å²) in [5.74, 6) is 6.43. The molecular weight excluding hydrogens is 236 g/mol. The van der Waals surface area contributed by atoms with E-state index < -0.39 is 0 Å². The van der Waals surface area contributed by atoms with Crippen LogP contribution < -0.4 is 11.3 Å². The van der Waals surface area contributed by atoms with Crippen molar-refractivity contribution in [3.63, 3.8) is 0 Å². The van der Waals surface area contributed by atoms with Gasteiger partial charge in [-0.15, -0.1) is 0 Å². The second kappa shape index (κ2) is 4.40. The molecule has 0 amide bonds. The Bertz CT molecular complexity index is 743. The SMILES string of the molecule is Cc1ccccc1-c1nc2ccc(NN)cc2n1C. The van der Waals surface area contributed by atoms with E-state index in [0.717, 1.165) is 28.1 Å². The third kappa shape index (κ3) is 1.86. The lowest BCUT2D eigenvalue weighted by molar-refractivity contribution is 0.957. The van der Waals surface area contributed by atoms with E-state index in [1.54, 1.807) is 0 Å². The first kappa shape index (κ1) is 11.7. The van der Waals surface area contributed by atoms with Crippen LogP contribution in [0.5, 0.6) is 0 Å². The van der Waals surface area contributed by atoms with Crippen molar-refractivity contribution in [3.05, 3.63) is 48.0 Å². The molecule has 19 heavy (non-hydrogen) atoms. The molecular formula is C15H16N4. The first-order chi connectivity index (χ1) is 9.20. The molecule has 0 unspecified atom stereocenters. The Balaban J connectivity index is 2.26. The van der Waals surface area contributed by atoms with Crippen LogP contribution in [-0.2, 0) is 7.05 Å². The number of imidazole rings is 1. The minimum atomic E-state index is 0.881. The van der Waals surface area contributed by atoms with Gasteiger partial charge in [0.25, 0.3) is 0 Å². The van der Waals surface area contributed by atoms with Crippen molar-refractivity contribution in [1.82, 2.24) is 9.55 Å². The quantitative estimate of drug-likeness (QED) is 0.544. The zero-order chi connectivity index (χ0) is 13.4. The van der Waals surface area contributed by atoms with Gasteiger partial charge in [0, 0.05) is 12.6 Å². The van der Waals surface area contributed by atoms with Crippen LogP contribution in [0.25, 0.3) is 22.4 Å². The highest BCUT2D eigenvalue weighted by Crippen LogP contribution is 2.27. The summed E-state index contributed by atoms with van der Waals surface area (Å²) in [4.78, 5) is 4.71. The molecule has 1 aromatic heterocycles. The number of benzene rings is 2. The maximum Gasteiger partial charge on any atom is 0.141 e. The molecule has 0 saturated heterocycles. The Morgan fingerprint density at radius 2 is 1.95 bits per heavy atom. The fourth-order valence-corrected chi connectivity index (χ4v) is 2.34. The number of fused-ring (bicyclic) bond motifs is 1. The molecule has 3 N–H and O–H groups in total. The minimum Gasteiger partial charge on any atom is -0.327 e. The van der Waals surface area contributed by atoms with E-state index in [-0.39, 0.29) is 0 Å². The van der Waals surface area contributed by atoms with Crippen LogP contribution in [0.1, 0.15) is 5.56 Å². The van der Waals surface area contributed by atoms with Gasteiger partial charge in [0.05, 0.1) is 16.7 Å². The number of hydrazine groups is 1. The van der Waals surface area contributed by atoms with E-state index in [1.807, 2.05) is 37.4 Å². The number of hydrogen-bond acceptors (Lipinski definition) is 3. The van der Waals surface area contributed by atoms with E-state index in [1.165, 1.54) is 5.56 Å². The van der Waals surface area contributed by atoms with Gasteiger partial charge < -0.3 is 9.99 Å². The zero-order valence-electron chi connectivity index (χ0n) is 11.0. The molecule has 3 rings (SSSR count). The van der Waals surface area contributed by atoms with E-state index in [0.29, 0.717) is 0 Å². The number of aromatic nitrogens is 2. The second-order valence-electron chi connectivity index (χ2n) is 4.66. The Kier molecular flexibility index (Phi) is 2.72. The molecule has 0 atom stereocenters. The molecule has 0 radical (unpaired) electrons. The molecule has 2 aromatic carbocycles. The van der Waals surface area contributed by atoms with Crippen molar-refractivity contribution in [2.24, 2.45) is 12.9 Å². The van der Waals surface area contributed by atoms with E-state index >= 15 is 0 Å². The van der Waals surface area contributed by atoms with Crippen molar-refractivity contribution in [3.8, 4) is 11.4 Å². The molecule has 0 saturated carbocycles. The number of nitrogen functional groups attached to an aromatic ring is 1. The lowest BCUT2D eigenvalue weighted by atomic mass is 10.1. The molecule has 0 aliphatic heterocycles. The maximum absolute atomic E-state index is 5.45. The summed E-state index contributed by atoms with van der Waals surface area (Å²) in [6.07, 6.45) is 0. The van der Waals surface area contributed by atoms with Crippen molar-refractivity contribution in [2.45, 2.75) is 6.92 Å². The van der Waals surface area contributed by atoms with Crippen molar-refractivity contribution < 1.29 is 0 Å².